The molecule has 19 heavy (non-hydrogen) atoms. The second kappa shape index (κ2) is 4.98. The summed E-state index contributed by atoms with van der Waals surface area (Å²) in [5.41, 5.74) is 0.294. The van der Waals surface area contributed by atoms with Gasteiger partial charge in [0.2, 0.25) is 0 Å². The minimum absolute atomic E-state index is 0.380. The van der Waals surface area contributed by atoms with E-state index in [2.05, 4.69) is 0 Å². The first kappa shape index (κ1) is 13.5. The van der Waals surface area contributed by atoms with E-state index in [1.807, 2.05) is 11.0 Å². The number of halogens is 1. The average Bonchev–Trinajstić information content (AvgIpc) is 2.73. The highest BCUT2D eigenvalue weighted by atomic mass is 19.1. The molecule has 1 fully saturated rings. The van der Waals surface area contributed by atoms with Gasteiger partial charge < -0.3 is 5.11 Å². The molecule has 2 rings (SSSR count). The summed E-state index contributed by atoms with van der Waals surface area (Å²) in [5.74, 6) is -1.19. The van der Waals surface area contributed by atoms with Crippen LogP contribution in [0.15, 0.2) is 18.2 Å². The molecule has 4 nitrogen and oxygen atoms in total. The highest BCUT2D eigenvalue weighted by Crippen LogP contribution is 2.31. The molecule has 0 radical (unpaired) electrons. The maximum absolute atomic E-state index is 13.2. The Morgan fingerprint density at radius 1 is 1.63 bits per heavy atom. The first-order valence-electron chi connectivity index (χ1n) is 6.09. The molecule has 0 bridgehead atoms. The molecular formula is C14H15FN2O2. The molecule has 5 heteroatoms. The fraction of sp³-hybridized carbons (Fsp3) is 0.429. The number of nitriles is 1. The van der Waals surface area contributed by atoms with E-state index in [0.717, 1.165) is 0 Å². The Kier molecular flexibility index (Phi) is 3.54. The number of likely N-dealkylation sites (tertiary alicyclic amines) is 1. The Morgan fingerprint density at radius 3 is 2.95 bits per heavy atom. The first-order chi connectivity index (χ1) is 8.94. The van der Waals surface area contributed by atoms with Crippen molar-refractivity contribution in [2.24, 2.45) is 5.41 Å². The van der Waals surface area contributed by atoms with Crippen LogP contribution in [-0.2, 0) is 11.3 Å². The summed E-state index contributed by atoms with van der Waals surface area (Å²) in [4.78, 5) is 13.1. The molecule has 1 heterocycles. The molecule has 0 spiro atoms. The van der Waals surface area contributed by atoms with Gasteiger partial charge in [0.15, 0.2) is 0 Å². The molecule has 0 aromatic heterocycles. The summed E-state index contributed by atoms with van der Waals surface area (Å²) in [6.45, 7) is 3.18. The van der Waals surface area contributed by atoms with Crippen LogP contribution in [0.4, 0.5) is 4.39 Å². The molecule has 1 aliphatic heterocycles. The number of carbonyl (C=O) groups is 1. The molecule has 0 aliphatic carbocycles. The lowest BCUT2D eigenvalue weighted by atomic mass is 9.90. The lowest BCUT2D eigenvalue weighted by molar-refractivity contribution is -0.147. The van der Waals surface area contributed by atoms with Gasteiger partial charge in [-0.15, -0.1) is 0 Å². The van der Waals surface area contributed by atoms with Crippen molar-refractivity contribution in [2.45, 2.75) is 19.9 Å². The summed E-state index contributed by atoms with van der Waals surface area (Å²) >= 11 is 0. The average molecular weight is 262 g/mol. The lowest BCUT2D eigenvalue weighted by Crippen LogP contribution is -2.31. The quantitative estimate of drug-likeness (QED) is 0.904. The van der Waals surface area contributed by atoms with Crippen LogP contribution in [0, 0.1) is 22.6 Å². The van der Waals surface area contributed by atoms with E-state index in [1.165, 1.54) is 18.2 Å². The SMILES string of the molecule is CC1(C(=O)O)CCN(Cc2cc(F)ccc2C#N)C1. The second-order valence-electron chi connectivity index (χ2n) is 5.24. The van der Waals surface area contributed by atoms with E-state index in [9.17, 15) is 9.18 Å². The summed E-state index contributed by atoms with van der Waals surface area (Å²) in [6.07, 6.45) is 0.569. The van der Waals surface area contributed by atoms with E-state index < -0.39 is 11.4 Å². The number of hydrogen-bond acceptors (Lipinski definition) is 3. The summed E-state index contributed by atoms with van der Waals surface area (Å²) < 4.78 is 13.2. The van der Waals surface area contributed by atoms with Crippen molar-refractivity contribution in [2.75, 3.05) is 13.1 Å². The van der Waals surface area contributed by atoms with Crippen molar-refractivity contribution in [3.05, 3.63) is 35.1 Å². The normalized spacial score (nSPS) is 23.2. The maximum Gasteiger partial charge on any atom is 0.310 e. The van der Waals surface area contributed by atoms with Gasteiger partial charge in [-0.3, -0.25) is 9.69 Å². The highest BCUT2D eigenvalue weighted by Gasteiger charge is 2.40. The van der Waals surface area contributed by atoms with Crippen LogP contribution in [0.1, 0.15) is 24.5 Å². The molecule has 1 unspecified atom stereocenters. The number of hydrogen-bond donors (Lipinski definition) is 1. The molecule has 100 valence electrons. The number of carboxylic acids is 1. The zero-order valence-electron chi connectivity index (χ0n) is 10.7. The standard InChI is InChI=1S/C14H15FN2O2/c1-14(13(18)19)4-5-17(9-14)8-11-6-12(15)3-2-10(11)7-16/h2-3,6H,4-5,8-9H2,1H3,(H,18,19). The van der Waals surface area contributed by atoms with E-state index >= 15 is 0 Å². The first-order valence-corrected chi connectivity index (χ1v) is 6.09. The predicted molar refractivity (Wildman–Crippen MR) is 66.8 cm³/mol. The van der Waals surface area contributed by atoms with Gasteiger partial charge in [0.25, 0.3) is 0 Å². The van der Waals surface area contributed by atoms with Gasteiger partial charge in [0.1, 0.15) is 5.82 Å². The van der Waals surface area contributed by atoms with Gasteiger partial charge in [0.05, 0.1) is 17.0 Å². The van der Waals surface area contributed by atoms with Gasteiger partial charge in [0, 0.05) is 13.1 Å². The Balaban J connectivity index is 2.14. The van der Waals surface area contributed by atoms with Crippen molar-refractivity contribution in [3.63, 3.8) is 0 Å². The van der Waals surface area contributed by atoms with Gasteiger partial charge in [-0.25, -0.2) is 4.39 Å². The number of aliphatic carboxylic acids is 1. The van der Waals surface area contributed by atoms with Gasteiger partial charge in [-0.1, -0.05) is 0 Å². The number of rotatable bonds is 3. The third-order valence-corrected chi connectivity index (χ3v) is 3.65. The summed E-state index contributed by atoms with van der Waals surface area (Å²) in [6, 6.07) is 6.09. The molecule has 1 atom stereocenters. The lowest BCUT2D eigenvalue weighted by Gasteiger charge is -2.20. The van der Waals surface area contributed by atoms with Crippen LogP contribution in [-0.4, -0.2) is 29.1 Å². The van der Waals surface area contributed by atoms with E-state index in [4.69, 9.17) is 10.4 Å². The van der Waals surface area contributed by atoms with Crippen molar-refractivity contribution < 1.29 is 14.3 Å². The van der Waals surface area contributed by atoms with Crippen LogP contribution < -0.4 is 0 Å². The summed E-state index contributed by atoms with van der Waals surface area (Å²) in [5, 5.41) is 18.2. The smallest absolute Gasteiger partial charge is 0.310 e. The van der Waals surface area contributed by atoms with E-state index in [0.29, 0.717) is 37.2 Å². The van der Waals surface area contributed by atoms with Crippen LogP contribution in [0.5, 0.6) is 0 Å². The van der Waals surface area contributed by atoms with Crippen molar-refractivity contribution in [1.29, 1.82) is 5.26 Å². The molecule has 1 N–H and O–H groups in total. The Morgan fingerprint density at radius 2 is 2.37 bits per heavy atom. The zero-order valence-corrected chi connectivity index (χ0v) is 10.7. The van der Waals surface area contributed by atoms with E-state index in [-0.39, 0.29) is 5.82 Å². The van der Waals surface area contributed by atoms with Gasteiger partial charge in [-0.05, 0) is 43.7 Å². The third kappa shape index (κ3) is 2.74. The predicted octanol–water partition coefficient (Wildman–Crippen LogP) is 1.99. The zero-order chi connectivity index (χ0) is 14.0. The third-order valence-electron chi connectivity index (χ3n) is 3.65. The number of nitrogens with zero attached hydrogens (tertiary/aromatic N) is 2. The fourth-order valence-corrected chi connectivity index (χ4v) is 2.41. The van der Waals surface area contributed by atoms with Crippen LogP contribution in [0.3, 0.4) is 0 Å². The Hall–Kier alpha value is -1.93. The number of benzene rings is 1. The van der Waals surface area contributed by atoms with E-state index in [1.54, 1.807) is 6.92 Å². The monoisotopic (exact) mass is 262 g/mol. The Labute approximate surface area is 111 Å². The van der Waals surface area contributed by atoms with Gasteiger partial charge in [-0.2, -0.15) is 5.26 Å². The molecule has 0 amide bonds. The fourth-order valence-electron chi connectivity index (χ4n) is 2.41. The highest BCUT2D eigenvalue weighted by molar-refractivity contribution is 5.74. The topological polar surface area (TPSA) is 64.3 Å². The molecule has 1 aromatic rings. The minimum Gasteiger partial charge on any atom is -0.481 e. The molecule has 1 saturated heterocycles. The molecule has 0 saturated carbocycles. The largest absolute Gasteiger partial charge is 0.481 e. The number of carboxylic acid groups (broad SMARTS) is 1. The minimum atomic E-state index is -0.810. The van der Waals surface area contributed by atoms with Crippen LogP contribution >= 0.6 is 0 Å². The van der Waals surface area contributed by atoms with Crippen molar-refractivity contribution in [3.8, 4) is 6.07 Å². The maximum atomic E-state index is 13.2. The molecular weight excluding hydrogens is 247 g/mol. The van der Waals surface area contributed by atoms with Crippen LogP contribution in [0.2, 0.25) is 0 Å². The Bertz CT molecular complexity index is 553. The van der Waals surface area contributed by atoms with Gasteiger partial charge >= 0.3 is 5.97 Å². The summed E-state index contributed by atoms with van der Waals surface area (Å²) in [7, 11) is 0. The molecule has 1 aliphatic rings. The van der Waals surface area contributed by atoms with Crippen molar-refractivity contribution in [1.82, 2.24) is 4.90 Å². The molecule has 1 aromatic carbocycles. The van der Waals surface area contributed by atoms with Crippen LogP contribution in [0.25, 0.3) is 0 Å². The van der Waals surface area contributed by atoms with Crippen molar-refractivity contribution >= 4 is 5.97 Å². The second-order valence-corrected chi connectivity index (χ2v) is 5.24.